The van der Waals surface area contributed by atoms with Gasteiger partial charge in [0.1, 0.15) is 0 Å². The molecule has 0 bridgehead atoms. The molecule has 1 amide bonds. The fraction of sp³-hybridized carbons (Fsp3) is 0.958. The molecule has 0 heterocycles. The summed E-state index contributed by atoms with van der Waals surface area (Å²) < 4.78 is 17.8. The van der Waals surface area contributed by atoms with Gasteiger partial charge in [-0.2, -0.15) is 0 Å². The molecule has 0 rings (SSSR count). The van der Waals surface area contributed by atoms with Crippen molar-refractivity contribution in [3.8, 4) is 0 Å². The Balaban J connectivity index is 4.20. The second-order valence-electron chi connectivity index (χ2n) is 9.17. The molecule has 6 nitrogen and oxygen atoms in total. The summed E-state index contributed by atoms with van der Waals surface area (Å²) in [5, 5.41) is 13.2. The topological polar surface area (TPSA) is 77.0 Å². The monoisotopic (exact) mass is 461 g/mol. The Kier molecular flexibility index (Phi) is 17.7. The van der Waals surface area contributed by atoms with E-state index in [0.29, 0.717) is 39.2 Å². The standard InChI is InChI=1S/C24H51NO5Si/c1-7-11-12-13-14-16-22(26)17-15-18-23(27)25-21-24(5,6)19-20-31(28-8-2,29-9-3)30-10-4/h22,26H,7-21H2,1-6H3,(H,25,27). The molecule has 0 radical (unpaired) electrons. The molecule has 0 spiro atoms. The lowest BCUT2D eigenvalue weighted by Crippen LogP contribution is -2.47. The van der Waals surface area contributed by atoms with Crippen LogP contribution in [0.4, 0.5) is 0 Å². The Bertz CT molecular complexity index is 431. The van der Waals surface area contributed by atoms with Crippen LogP contribution in [0, 0.1) is 5.41 Å². The Morgan fingerprint density at radius 2 is 1.45 bits per heavy atom. The van der Waals surface area contributed by atoms with Crippen molar-refractivity contribution >= 4 is 14.7 Å². The highest BCUT2D eigenvalue weighted by Gasteiger charge is 2.41. The lowest BCUT2D eigenvalue weighted by atomic mass is 9.90. The maximum absolute atomic E-state index is 12.3. The lowest BCUT2D eigenvalue weighted by molar-refractivity contribution is -0.121. The number of unbranched alkanes of at least 4 members (excludes halogenated alkanes) is 4. The first-order chi connectivity index (χ1) is 14.7. The van der Waals surface area contributed by atoms with Crippen LogP contribution < -0.4 is 5.32 Å². The zero-order valence-electron chi connectivity index (χ0n) is 21.3. The number of rotatable bonds is 21. The van der Waals surface area contributed by atoms with Crippen LogP contribution in [-0.2, 0) is 18.1 Å². The molecular weight excluding hydrogens is 410 g/mol. The molecule has 0 saturated heterocycles. The molecule has 0 aromatic rings. The second-order valence-corrected chi connectivity index (χ2v) is 11.9. The number of amides is 1. The van der Waals surface area contributed by atoms with Crippen LogP contribution in [-0.4, -0.2) is 52.3 Å². The number of carbonyl (C=O) groups excluding carboxylic acids is 1. The van der Waals surface area contributed by atoms with E-state index >= 15 is 0 Å². The molecule has 0 aliphatic carbocycles. The van der Waals surface area contributed by atoms with Gasteiger partial charge in [-0.1, -0.05) is 52.9 Å². The highest BCUT2D eigenvalue weighted by Crippen LogP contribution is 2.28. The van der Waals surface area contributed by atoms with E-state index in [4.69, 9.17) is 13.3 Å². The third-order valence-corrected chi connectivity index (χ3v) is 8.59. The summed E-state index contributed by atoms with van der Waals surface area (Å²) in [6, 6.07) is 0.746. The van der Waals surface area contributed by atoms with Crippen molar-refractivity contribution in [3.63, 3.8) is 0 Å². The maximum atomic E-state index is 12.3. The van der Waals surface area contributed by atoms with E-state index in [-0.39, 0.29) is 17.4 Å². The fourth-order valence-electron chi connectivity index (χ4n) is 3.63. The molecule has 0 fully saturated rings. The van der Waals surface area contributed by atoms with Gasteiger partial charge in [-0.15, -0.1) is 0 Å². The van der Waals surface area contributed by atoms with Crippen LogP contribution in [0.3, 0.4) is 0 Å². The molecule has 31 heavy (non-hydrogen) atoms. The van der Waals surface area contributed by atoms with Crippen LogP contribution in [0.25, 0.3) is 0 Å². The van der Waals surface area contributed by atoms with Crippen LogP contribution in [0.5, 0.6) is 0 Å². The van der Waals surface area contributed by atoms with Crippen LogP contribution in [0.15, 0.2) is 0 Å². The van der Waals surface area contributed by atoms with E-state index in [1.54, 1.807) is 0 Å². The molecule has 7 heteroatoms. The molecule has 0 aliphatic rings. The summed E-state index contributed by atoms with van der Waals surface area (Å²) >= 11 is 0. The first-order valence-corrected chi connectivity index (χ1v) is 14.5. The summed E-state index contributed by atoms with van der Waals surface area (Å²) in [5.74, 6) is 0.0613. The van der Waals surface area contributed by atoms with Gasteiger partial charge in [0, 0.05) is 38.8 Å². The van der Waals surface area contributed by atoms with Gasteiger partial charge in [-0.25, -0.2) is 0 Å². The van der Waals surface area contributed by atoms with Gasteiger partial charge >= 0.3 is 8.80 Å². The molecule has 2 N–H and O–H groups in total. The summed E-state index contributed by atoms with van der Waals surface area (Å²) in [4.78, 5) is 12.3. The maximum Gasteiger partial charge on any atom is 0.500 e. The first-order valence-electron chi connectivity index (χ1n) is 12.6. The number of aliphatic hydroxyl groups excluding tert-OH is 1. The zero-order valence-corrected chi connectivity index (χ0v) is 22.3. The van der Waals surface area contributed by atoms with Gasteiger partial charge in [-0.05, 0) is 51.9 Å². The van der Waals surface area contributed by atoms with Crippen molar-refractivity contribution in [2.24, 2.45) is 5.41 Å². The smallest absolute Gasteiger partial charge is 0.393 e. The minimum absolute atomic E-state index is 0.0613. The van der Waals surface area contributed by atoms with E-state index in [2.05, 4.69) is 26.1 Å². The molecule has 186 valence electrons. The number of aliphatic hydroxyl groups is 1. The Labute approximate surface area is 193 Å². The van der Waals surface area contributed by atoms with Gasteiger partial charge in [0.25, 0.3) is 0 Å². The predicted octanol–water partition coefficient (Wildman–Crippen LogP) is 5.46. The summed E-state index contributed by atoms with van der Waals surface area (Å²) in [6.07, 6.45) is 9.38. The minimum Gasteiger partial charge on any atom is -0.393 e. The average molecular weight is 462 g/mol. The predicted molar refractivity (Wildman–Crippen MR) is 130 cm³/mol. The molecule has 0 saturated carbocycles. The molecule has 0 aromatic carbocycles. The largest absolute Gasteiger partial charge is 0.500 e. The van der Waals surface area contributed by atoms with Gasteiger partial charge in [0.05, 0.1) is 6.10 Å². The van der Waals surface area contributed by atoms with Crippen LogP contribution in [0.2, 0.25) is 6.04 Å². The zero-order chi connectivity index (χ0) is 23.6. The normalized spacial score (nSPS) is 13.4. The highest BCUT2D eigenvalue weighted by molar-refractivity contribution is 6.60. The molecular formula is C24H51NO5Si. The lowest BCUT2D eigenvalue weighted by Gasteiger charge is -2.32. The SMILES string of the molecule is CCCCCCCC(O)CCCC(=O)NCC(C)(C)CC[Si](OCC)(OCC)OCC. The Morgan fingerprint density at radius 3 is 2.00 bits per heavy atom. The van der Waals surface area contributed by atoms with Crippen molar-refractivity contribution in [2.75, 3.05) is 26.4 Å². The average Bonchev–Trinajstić information content (AvgIpc) is 2.71. The quantitative estimate of drug-likeness (QED) is 0.175. The van der Waals surface area contributed by atoms with E-state index in [1.165, 1.54) is 25.7 Å². The molecule has 1 unspecified atom stereocenters. The van der Waals surface area contributed by atoms with Crippen molar-refractivity contribution in [1.82, 2.24) is 5.32 Å². The van der Waals surface area contributed by atoms with E-state index in [1.807, 2.05) is 20.8 Å². The van der Waals surface area contributed by atoms with Crippen LogP contribution in [0.1, 0.15) is 106 Å². The van der Waals surface area contributed by atoms with E-state index in [9.17, 15) is 9.90 Å². The van der Waals surface area contributed by atoms with E-state index < -0.39 is 8.80 Å². The number of hydrogen-bond acceptors (Lipinski definition) is 5. The van der Waals surface area contributed by atoms with Gasteiger partial charge < -0.3 is 23.7 Å². The van der Waals surface area contributed by atoms with Crippen molar-refractivity contribution in [2.45, 2.75) is 118 Å². The first kappa shape index (κ1) is 30.5. The van der Waals surface area contributed by atoms with Crippen molar-refractivity contribution < 1.29 is 23.2 Å². The van der Waals surface area contributed by atoms with Crippen molar-refractivity contribution in [1.29, 1.82) is 0 Å². The highest BCUT2D eigenvalue weighted by atomic mass is 28.4. The number of hydrogen-bond donors (Lipinski definition) is 2. The Morgan fingerprint density at radius 1 is 0.903 bits per heavy atom. The third-order valence-electron chi connectivity index (χ3n) is 5.55. The molecule has 0 aromatic heterocycles. The summed E-state index contributed by atoms with van der Waals surface area (Å²) in [6.45, 7) is 14.8. The van der Waals surface area contributed by atoms with Crippen molar-refractivity contribution in [3.05, 3.63) is 0 Å². The van der Waals surface area contributed by atoms with Gasteiger partial charge in [0.15, 0.2) is 0 Å². The van der Waals surface area contributed by atoms with Gasteiger partial charge in [0.2, 0.25) is 5.91 Å². The van der Waals surface area contributed by atoms with E-state index in [0.717, 1.165) is 31.7 Å². The summed E-state index contributed by atoms with van der Waals surface area (Å²) in [5.41, 5.74) is -0.0722. The van der Waals surface area contributed by atoms with Gasteiger partial charge in [-0.3, -0.25) is 4.79 Å². The number of nitrogens with one attached hydrogen (secondary N) is 1. The third kappa shape index (κ3) is 15.9. The van der Waals surface area contributed by atoms with Crippen LogP contribution >= 0.6 is 0 Å². The fourth-order valence-corrected chi connectivity index (χ4v) is 6.62. The number of carbonyl (C=O) groups is 1. The Hall–Kier alpha value is -0.473. The summed E-state index contributed by atoms with van der Waals surface area (Å²) in [7, 11) is -2.65. The minimum atomic E-state index is -2.65. The second kappa shape index (κ2) is 18.0. The molecule has 1 atom stereocenters. The molecule has 0 aliphatic heterocycles.